The Labute approximate surface area is 217 Å². The molecule has 38 heavy (non-hydrogen) atoms. The van der Waals surface area contributed by atoms with Gasteiger partial charge >= 0.3 is 0 Å². The highest BCUT2D eigenvalue weighted by atomic mass is 19.1. The van der Waals surface area contributed by atoms with Crippen LogP contribution in [0, 0.1) is 11.6 Å². The first-order valence-corrected chi connectivity index (χ1v) is 12.1. The SMILES string of the molecule is CCO/N=C1/C(=O)N(CCOCCOCCOCCN2C(=O)C(=O)c3cc(F)ccc32)c2ccc(F)cc21. The zero-order chi connectivity index (χ0) is 27.1. The van der Waals surface area contributed by atoms with Gasteiger partial charge in [-0.05, 0) is 43.3 Å². The predicted octanol–water partition coefficient (Wildman–Crippen LogP) is 2.33. The molecule has 2 amide bonds. The molecule has 0 aliphatic carbocycles. The summed E-state index contributed by atoms with van der Waals surface area (Å²) in [5.74, 6) is -2.86. The molecule has 0 fully saturated rings. The lowest BCUT2D eigenvalue weighted by Crippen LogP contribution is -2.33. The molecule has 2 aliphatic rings. The highest BCUT2D eigenvalue weighted by Crippen LogP contribution is 2.30. The lowest BCUT2D eigenvalue weighted by molar-refractivity contribution is -0.114. The molecule has 4 rings (SSSR count). The first kappa shape index (κ1) is 27.3. The van der Waals surface area contributed by atoms with Crippen LogP contribution in [0.4, 0.5) is 20.2 Å². The summed E-state index contributed by atoms with van der Waals surface area (Å²) < 4.78 is 43.5. The van der Waals surface area contributed by atoms with Crippen LogP contribution in [-0.2, 0) is 28.6 Å². The number of nitrogens with zero attached hydrogens (tertiary/aromatic N) is 3. The van der Waals surface area contributed by atoms with Crippen LogP contribution in [0.1, 0.15) is 22.8 Å². The summed E-state index contributed by atoms with van der Waals surface area (Å²) in [7, 11) is 0. The zero-order valence-corrected chi connectivity index (χ0v) is 20.8. The Morgan fingerprint density at radius 2 is 1.21 bits per heavy atom. The van der Waals surface area contributed by atoms with E-state index in [4.69, 9.17) is 19.0 Å². The highest BCUT2D eigenvalue weighted by Gasteiger charge is 2.36. The van der Waals surface area contributed by atoms with E-state index in [-0.39, 0.29) is 63.3 Å². The number of rotatable bonds is 14. The number of Topliss-reactive ketones (excluding diaryl/α,β-unsaturated/α-hetero) is 1. The monoisotopic (exact) mass is 531 g/mol. The molecule has 0 spiro atoms. The number of halogens is 2. The molecule has 0 bridgehead atoms. The Hall–Kier alpha value is -3.74. The van der Waals surface area contributed by atoms with Gasteiger partial charge in [0.15, 0.2) is 5.71 Å². The quantitative estimate of drug-likeness (QED) is 0.209. The molecule has 0 unspecified atom stereocenters. The molecule has 2 aromatic rings. The van der Waals surface area contributed by atoms with E-state index in [2.05, 4.69) is 5.16 Å². The molecular formula is C26H27F2N3O7. The number of carbonyl (C=O) groups is 3. The summed E-state index contributed by atoms with van der Waals surface area (Å²) in [4.78, 5) is 44.5. The van der Waals surface area contributed by atoms with E-state index in [9.17, 15) is 23.2 Å². The van der Waals surface area contributed by atoms with Crippen LogP contribution in [0.15, 0.2) is 41.6 Å². The molecule has 0 aromatic heterocycles. The standard InChI is InChI=1S/C26H27F2N3O7/c1-2-38-29-23-19-15-17(27)3-5-21(19)30(25(23)33)7-9-35-11-13-37-14-12-36-10-8-31-22-6-4-18(28)16-20(22)24(32)26(31)34/h3-6,15-16H,2,7-14H2,1H3/b29-23+. The van der Waals surface area contributed by atoms with Crippen LogP contribution in [-0.4, -0.2) is 82.6 Å². The van der Waals surface area contributed by atoms with E-state index in [0.29, 0.717) is 30.2 Å². The molecular weight excluding hydrogens is 504 g/mol. The summed E-state index contributed by atoms with van der Waals surface area (Å²) in [6, 6.07) is 7.72. The second kappa shape index (κ2) is 12.7. The largest absolute Gasteiger partial charge is 0.395 e. The van der Waals surface area contributed by atoms with Gasteiger partial charge in [0.05, 0.1) is 56.6 Å². The van der Waals surface area contributed by atoms with Crippen LogP contribution in [0.5, 0.6) is 0 Å². The summed E-state index contributed by atoms with van der Waals surface area (Å²) in [6.45, 7) is 3.99. The Morgan fingerprint density at radius 3 is 1.79 bits per heavy atom. The molecule has 2 heterocycles. The minimum absolute atomic E-state index is 0.0588. The number of ether oxygens (including phenoxy) is 3. The topological polar surface area (TPSA) is 107 Å². The Bertz CT molecular complexity index is 1240. The third-order valence-electron chi connectivity index (χ3n) is 5.83. The number of benzene rings is 2. The van der Waals surface area contributed by atoms with Gasteiger partial charge in [-0.15, -0.1) is 0 Å². The molecule has 0 N–H and O–H groups in total. The number of anilines is 2. The van der Waals surface area contributed by atoms with E-state index in [1.807, 2.05) is 0 Å². The molecule has 12 heteroatoms. The van der Waals surface area contributed by atoms with E-state index >= 15 is 0 Å². The maximum Gasteiger partial charge on any atom is 0.299 e. The van der Waals surface area contributed by atoms with Crippen molar-refractivity contribution in [3.8, 4) is 0 Å². The van der Waals surface area contributed by atoms with E-state index in [0.717, 1.165) is 6.07 Å². The first-order valence-electron chi connectivity index (χ1n) is 12.1. The minimum atomic E-state index is -0.728. The average Bonchev–Trinajstić information content (AvgIpc) is 3.30. The minimum Gasteiger partial charge on any atom is -0.395 e. The third-order valence-corrected chi connectivity index (χ3v) is 5.83. The van der Waals surface area contributed by atoms with Crippen molar-refractivity contribution in [1.29, 1.82) is 0 Å². The van der Waals surface area contributed by atoms with Gasteiger partial charge in [-0.25, -0.2) is 8.78 Å². The molecule has 0 saturated heterocycles. The van der Waals surface area contributed by atoms with Crippen molar-refractivity contribution in [2.75, 3.05) is 69.1 Å². The van der Waals surface area contributed by atoms with Gasteiger partial charge in [0, 0.05) is 18.7 Å². The van der Waals surface area contributed by atoms with Crippen LogP contribution < -0.4 is 9.80 Å². The van der Waals surface area contributed by atoms with Gasteiger partial charge in [0.2, 0.25) is 0 Å². The number of hydrogen-bond donors (Lipinski definition) is 0. The normalized spacial score (nSPS) is 15.6. The van der Waals surface area contributed by atoms with Crippen molar-refractivity contribution in [3.63, 3.8) is 0 Å². The number of amides is 2. The average molecular weight is 532 g/mol. The number of oxime groups is 1. The zero-order valence-electron chi connectivity index (χ0n) is 20.8. The molecule has 0 radical (unpaired) electrons. The van der Waals surface area contributed by atoms with Crippen LogP contribution in [0.3, 0.4) is 0 Å². The fourth-order valence-electron chi connectivity index (χ4n) is 4.07. The van der Waals surface area contributed by atoms with Gasteiger partial charge in [-0.1, -0.05) is 5.16 Å². The molecule has 2 aromatic carbocycles. The number of ketones is 1. The fraction of sp³-hybridized carbons (Fsp3) is 0.385. The third kappa shape index (κ3) is 6.04. The summed E-state index contributed by atoms with van der Waals surface area (Å²) in [5, 5.41) is 3.84. The van der Waals surface area contributed by atoms with Crippen LogP contribution in [0.25, 0.3) is 0 Å². The van der Waals surface area contributed by atoms with Crippen molar-refractivity contribution < 1.29 is 42.2 Å². The lowest BCUT2D eigenvalue weighted by Gasteiger charge is -2.17. The second-order valence-electron chi connectivity index (χ2n) is 8.26. The highest BCUT2D eigenvalue weighted by molar-refractivity contribution is 6.54. The summed E-state index contributed by atoms with van der Waals surface area (Å²) in [5.41, 5.74) is 1.42. The predicted molar refractivity (Wildman–Crippen MR) is 132 cm³/mol. The van der Waals surface area contributed by atoms with Crippen molar-refractivity contribution in [2.45, 2.75) is 6.92 Å². The van der Waals surface area contributed by atoms with Gasteiger partial charge in [-0.3, -0.25) is 14.4 Å². The fourth-order valence-corrected chi connectivity index (χ4v) is 4.07. The van der Waals surface area contributed by atoms with Crippen molar-refractivity contribution >= 4 is 34.7 Å². The lowest BCUT2D eigenvalue weighted by atomic mass is 10.1. The molecule has 0 atom stereocenters. The summed E-state index contributed by atoms with van der Waals surface area (Å²) in [6.07, 6.45) is 0. The molecule has 0 saturated carbocycles. The van der Waals surface area contributed by atoms with Crippen molar-refractivity contribution in [2.24, 2.45) is 5.16 Å². The molecule has 2 aliphatic heterocycles. The Morgan fingerprint density at radius 1 is 0.711 bits per heavy atom. The van der Waals surface area contributed by atoms with Crippen LogP contribution in [0.2, 0.25) is 0 Å². The summed E-state index contributed by atoms with van der Waals surface area (Å²) >= 11 is 0. The van der Waals surface area contributed by atoms with Gasteiger partial charge in [-0.2, -0.15) is 0 Å². The van der Waals surface area contributed by atoms with Crippen molar-refractivity contribution in [1.82, 2.24) is 0 Å². The van der Waals surface area contributed by atoms with E-state index in [1.165, 1.54) is 40.1 Å². The first-order chi connectivity index (χ1) is 18.4. The second-order valence-corrected chi connectivity index (χ2v) is 8.26. The Balaban J connectivity index is 1.09. The van der Waals surface area contributed by atoms with Gasteiger partial charge in [0.1, 0.15) is 18.2 Å². The van der Waals surface area contributed by atoms with Crippen molar-refractivity contribution in [3.05, 3.63) is 59.2 Å². The molecule has 10 nitrogen and oxygen atoms in total. The van der Waals surface area contributed by atoms with Crippen LogP contribution >= 0.6 is 0 Å². The maximum absolute atomic E-state index is 13.7. The molecule has 202 valence electrons. The number of hydrogen-bond acceptors (Lipinski definition) is 8. The number of carbonyl (C=O) groups excluding carboxylic acids is 3. The van der Waals surface area contributed by atoms with Gasteiger partial charge in [0.25, 0.3) is 17.6 Å². The Kier molecular flexibility index (Phi) is 9.10. The van der Waals surface area contributed by atoms with Gasteiger partial charge < -0.3 is 28.8 Å². The maximum atomic E-state index is 13.7. The number of fused-ring (bicyclic) bond motifs is 2. The smallest absolute Gasteiger partial charge is 0.299 e. The van der Waals surface area contributed by atoms with E-state index < -0.39 is 23.3 Å². The van der Waals surface area contributed by atoms with E-state index in [1.54, 1.807) is 6.92 Å².